The summed E-state index contributed by atoms with van der Waals surface area (Å²) in [6, 6.07) is 41.7. The number of carbonyl (C=O) groups is 3. The number of halogens is 2. The van der Waals surface area contributed by atoms with E-state index in [9.17, 15) is 31.2 Å². The number of nitrogens with zero attached hydrogens (tertiary/aromatic N) is 8. The zero-order valence-electron chi connectivity index (χ0n) is 47.6. The minimum absolute atomic E-state index is 0.00201. The minimum Gasteiger partial charge on any atom is -0.399 e. The number of nitrogens with one attached hydrogen (secondary N) is 3. The summed E-state index contributed by atoms with van der Waals surface area (Å²) >= 11 is 13.2. The molecule has 444 valence electrons. The average Bonchev–Trinajstić information content (AvgIpc) is 1.72. The van der Waals surface area contributed by atoms with Crippen LogP contribution in [0.5, 0.6) is 0 Å². The predicted octanol–water partition coefficient (Wildman–Crippen LogP) is 11.6. The van der Waals surface area contributed by atoms with Crippen LogP contribution < -0.4 is 21.7 Å². The van der Waals surface area contributed by atoms with Crippen LogP contribution in [0.1, 0.15) is 64.4 Å². The van der Waals surface area contributed by atoms with Crippen LogP contribution in [0, 0.1) is 13.8 Å². The van der Waals surface area contributed by atoms with Gasteiger partial charge in [0.25, 0.3) is 31.9 Å². The molecule has 0 saturated carbocycles. The SMILES string of the molecule is CC(=O)Nc1ccc(C(=O)N2CCC(Nc3ncc(Cl)c(-c4cn(S(=O)(=O)c5ccccc5)c5ccccc45)n3)CC2)c(C)c1.Cc1cc(N)ccc1C(=O)N1CCC(Nc2ncc(Cl)c(-c3cn(S(=O)(=O)c4ccccc4)c4ccccc34)n2)CC1. The number of carbonyl (C=O) groups excluding carboxylic acids is 3. The van der Waals surface area contributed by atoms with Crippen LogP contribution in [-0.2, 0) is 24.8 Å². The molecule has 6 aromatic carbocycles. The first kappa shape index (κ1) is 59.6. The maximum absolute atomic E-state index is 13.6. The van der Waals surface area contributed by atoms with E-state index in [0.717, 1.165) is 24.0 Å². The Labute approximate surface area is 513 Å². The largest absolute Gasteiger partial charge is 0.399 e. The van der Waals surface area contributed by atoms with E-state index in [1.54, 1.807) is 128 Å². The zero-order valence-corrected chi connectivity index (χ0v) is 50.7. The molecule has 10 aromatic rings. The van der Waals surface area contributed by atoms with Gasteiger partial charge in [-0.15, -0.1) is 0 Å². The molecule has 0 radical (unpaired) electrons. The number of likely N-dealkylation sites (tertiary alicyclic amines) is 2. The van der Waals surface area contributed by atoms with Gasteiger partial charge in [-0.3, -0.25) is 14.4 Å². The summed E-state index contributed by atoms with van der Waals surface area (Å²) in [4.78, 5) is 60.0. The molecular formula is C64H60Cl2N12O7S2. The van der Waals surface area contributed by atoms with Gasteiger partial charge in [-0.2, -0.15) is 0 Å². The molecule has 0 spiro atoms. The van der Waals surface area contributed by atoms with Gasteiger partial charge in [-0.05, 0) is 123 Å². The number of fused-ring (bicyclic) bond motifs is 2. The number of rotatable bonds is 13. The Morgan fingerprint density at radius 1 is 0.540 bits per heavy atom. The monoisotopic (exact) mass is 1240 g/mol. The molecule has 0 aliphatic carbocycles. The fraction of sp³-hybridized carbons (Fsp3) is 0.203. The lowest BCUT2D eigenvalue weighted by atomic mass is 10.0. The van der Waals surface area contributed by atoms with Crippen molar-refractivity contribution in [2.75, 3.05) is 47.9 Å². The molecule has 2 saturated heterocycles. The third kappa shape index (κ3) is 12.6. The van der Waals surface area contributed by atoms with Crippen molar-refractivity contribution in [2.24, 2.45) is 0 Å². The minimum atomic E-state index is -3.87. The number of aromatic nitrogens is 6. The Morgan fingerprint density at radius 3 is 1.36 bits per heavy atom. The summed E-state index contributed by atoms with van der Waals surface area (Å²) in [7, 11) is -7.73. The van der Waals surface area contributed by atoms with Crippen LogP contribution in [0.2, 0.25) is 10.0 Å². The molecule has 2 aliphatic rings. The van der Waals surface area contributed by atoms with Gasteiger partial charge < -0.3 is 31.5 Å². The number of nitrogen functional groups attached to an aromatic ring is 1. The highest BCUT2D eigenvalue weighted by atomic mass is 35.5. The number of benzene rings is 6. The number of aryl methyl sites for hydroxylation is 2. The van der Waals surface area contributed by atoms with Crippen molar-refractivity contribution in [3.05, 3.63) is 203 Å². The van der Waals surface area contributed by atoms with Gasteiger partial charge in [0, 0.05) is 102 Å². The molecule has 23 heteroatoms. The molecule has 3 amide bonds. The van der Waals surface area contributed by atoms with E-state index in [0.29, 0.717) is 128 Å². The summed E-state index contributed by atoms with van der Waals surface area (Å²) in [5.41, 5.74) is 13.1. The third-order valence-electron chi connectivity index (χ3n) is 15.4. The molecule has 2 fully saturated rings. The van der Waals surface area contributed by atoms with Crippen molar-refractivity contribution >= 4 is 106 Å². The number of hydrogen-bond acceptors (Lipinski definition) is 14. The van der Waals surface area contributed by atoms with E-state index < -0.39 is 20.0 Å². The summed E-state index contributed by atoms with van der Waals surface area (Å²) in [6.07, 6.45) is 8.96. The number of nitrogens with two attached hydrogens (primary N) is 1. The van der Waals surface area contributed by atoms with Crippen molar-refractivity contribution in [2.45, 2.75) is 68.3 Å². The number of piperidine rings is 2. The van der Waals surface area contributed by atoms with Crippen LogP contribution in [0.4, 0.5) is 23.3 Å². The second kappa shape index (κ2) is 25.1. The molecule has 0 unspecified atom stereocenters. The molecule has 19 nitrogen and oxygen atoms in total. The molecular weight excluding hydrogens is 1180 g/mol. The van der Waals surface area contributed by atoms with Crippen molar-refractivity contribution in [3.63, 3.8) is 0 Å². The number of anilines is 4. The smallest absolute Gasteiger partial charge is 0.268 e. The van der Waals surface area contributed by atoms with Crippen LogP contribution in [0.3, 0.4) is 0 Å². The second-order valence-corrected chi connectivity index (χ2v) is 25.8. The first-order valence-electron chi connectivity index (χ1n) is 28.1. The van der Waals surface area contributed by atoms with Gasteiger partial charge in [0.05, 0.1) is 54.7 Å². The topological polar surface area (TPSA) is 250 Å². The average molecular weight is 1240 g/mol. The van der Waals surface area contributed by atoms with Crippen LogP contribution in [0.25, 0.3) is 44.3 Å². The maximum atomic E-state index is 13.6. The molecule has 0 atom stereocenters. The summed E-state index contributed by atoms with van der Waals surface area (Å²) < 4.78 is 56.8. The first-order chi connectivity index (χ1) is 41.8. The number of para-hydroxylation sites is 2. The molecule has 5 N–H and O–H groups in total. The second-order valence-electron chi connectivity index (χ2n) is 21.3. The van der Waals surface area contributed by atoms with Gasteiger partial charge in [0.1, 0.15) is 0 Å². The van der Waals surface area contributed by atoms with Crippen LogP contribution >= 0.6 is 23.2 Å². The fourth-order valence-electron chi connectivity index (χ4n) is 11.0. The molecule has 2 aliphatic heterocycles. The standard InChI is InChI=1S/C33H31ClN6O4S.C31H29ClN6O3S/c1-21-18-24(36-22(2)41)12-13-26(21)32(42)39-16-14-23(15-17-39)37-33-35-19-29(34)31(38-33)28-20-40(30-11-7-6-10-27(28)30)45(43,44)25-8-4-3-5-9-25;1-20-17-21(33)11-12-24(20)30(39)37-15-13-22(14-16-37)35-31-34-18-27(32)29(36-31)26-19-38(28-10-6-5-9-25(26)28)42(40,41)23-7-3-2-4-8-23/h3-13,18-20,23H,14-17H2,1-2H3,(H,36,41)(H,35,37,38);2-12,17-19,22H,13-16,33H2,1H3,(H,34,35,36). The molecule has 0 bridgehead atoms. The van der Waals surface area contributed by atoms with Gasteiger partial charge >= 0.3 is 0 Å². The highest BCUT2D eigenvalue weighted by Gasteiger charge is 2.30. The lowest BCUT2D eigenvalue weighted by Gasteiger charge is -2.32. The van der Waals surface area contributed by atoms with Crippen molar-refractivity contribution in [3.8, 4) is 22.5 Å². The summed E-state index contributed by atoms with van der Waals surface area (Å²) in [5, 5.41) is 11.5. The number of hydrogen-bond donors (Lipinski definition) is 4. The Kier molecular flexibility index (Phi) is 17.2. The van der Waals surface area contributed by atoms with E-state index in [1.807, 2.05) is 54.0 Å². The van der Waals surface area contributed by atoms with Gasteiger partial charge in [0.15, 0.2) is 0 Å². The Hall–Kier alpha value is -9.15. The van der Waals surface area contributed by atoms with Gasteiger partial charge in [-0.25, -0.2) is 44.7 Å². The molecule has 6 heterocycles. The number of amides is 3. The third-order valence-corrected chi connectivity index (χ3v) is 19.4. The Bertz CT molecular complexity index is 4490. The maximum Gasteiger partial charge on any atom is 0.268 e. The van der Waals surface area contributed by atoms with E-state index in [1.165, 1.54) is 27.3 Å². The first-order valence-corrected chi connectivity index (χ1v) is 31.7. The quantitative estimate of drug-likeness (QED) is 0.0784. The highest BCUT2D eigenvalue weighted by Crippen LogP contribution is 2.38. The van der Waals surface area contributed by atoms with Gasteiger partial charge in [-0.1, -0.05) is 96.0 Å². The van der Waals surface area contributed by atoms with E-state index in [-0.39, 0.29) is 39.6 Å². The van der Waals surface area contributed by atoms with E-state index >= 15 is 0 Å². The summed E-state index contributed by atoms with van der Waals surface area (Å²) in [6.45, 7) is 7.47. The predicted molar refractivity (Wildman–Crippen MR) is 340 cm³/mol. The van der Waals surface area contributed by atoms with E-state index in [2.05, 4.69) is 25.9 Å². The van der Waals surface area contributed by atoms with E-state index in [4.69, 9.17) is 38.9 Å². The Morgan fingerprint density at radius 2 is 0.943 bits per heavy atom. The fourth-order valence-corrected chi connectivity index (χ4v) is 14.2. The lowest BCUT2D eigenvalue weighted by molar-refractivity contribution is -0.114. The normalized spacial score (nSPS) is 14.1. The summed E-state index contributed by atoms with van der Waals surface area (Å²) in [5.74, 6) is 0.537. The van der Waals surface area contributed by atoms with Crippen molar-refractivity contribution in [1.82, 2.24) is 37.7 Å². The van der Waals surface area contributed by atoms with Crippen molar-refractivity contribution in [1.29, 1.82) is 0 Å². The van der Waals surface area contributed by atoms with Crippen molar-refractivity contribution < 1.29 is 31.2 Å². The lowest BCUT2D eigenvalue weighted by Crippen LogP contribution is -2.42. The Balaban J connectivity index is 0.000000181. The van der Waals surface area contributed by atoms with Gasteiger partial charge in [0.2, 0.25) is 17.8 Å². The molecule has 87 heavy (non-hydrogen) atoms. The van der Waals surface area contributed by atoms with Crippen LogP contribution in [0.15, 0.2) is 180 Å². The van der Waals surface area contributed by atoms with Crippen LogP contribution in [-0.4, -0.2) is 111 Å². The highest BCUT2D eigenvalue weighted by molar-refractivity contribution is 7.90. The molecule has 4 aromatic heterocycles. The molecule has 12 rings (SSSR count). The zero-order chi connectivity index (χ0) is 61.1.